The molecule has 2 saturated heterocycles. The molecule has 2 aliphatic rings. The van der Waals surface area contributed by atoms with Gasteiger partial charge in [0.05, 0.1) is 0 Å². The largest absolute Gasteiger partial charge is 0.374 e. The first kappa shape index (κ1) is 17.2. The lowest BCUT2D eigenvalue weighted by Gasteiger charge is -2.36. The van der Waals surface area contributed by atoms with Gasteiger partial charge in [0, 0.05) is 64.2 Å². The number of hydrogen-bond acceptors (Lipinski definition) is 5. The Morgan fingerprint density at radius 3 is 2.32 bits per heavy atom. The number of rotatable bonds is 3. The molecule has 1 amide bonds. The predicted molar refractivity (Wildman–Crippen MR) is 93.3 cm³/mol. The van der Waals surface area contributed by atoms with E-state index in [1.165, 1.54) is 12.1 Å². The lowest BCUT2D eigenvalue weighted by atomic mass is 10.2. The molecule has 1 N–H and O–H groups in total. The molecular formula is C18H22FN5O. The van der Waals surface area contributed by atoms with E-state index in [0.29, 0.717) is 26.2 Å². The molecule has 132 valence electrons. The average molecular weight is 343 g/mol. The number of nitrogens with zero attached hydrogens (tertiary/aromatic N) is 4. The van der Waals surface area contributed by atoms with Crippen LogP contribution in [-0.2, 0) is 4.79 Å². The summed E-state index contributed by atoms with van der Waals surface area (Å²) in [7, 11) is 0. The number of carbonyl (C=O) groups is 1. The molecule has 1 aromatic carbocycles. The summed E-state index contributed by atoms with van der Waals surface area (Å²) in [6.45, 7) is 5.77. The molecule has 25 heavy (non-hydrogen) atoms. The maximum Gasteiger partial charge on any atom is 0.266 e. The smallest absolute Gasteiger partial charge is 0.266 e. The molecule has 1 aromatic rings. The van der Waals surface area contributed by atoms with E-state index in [9.17, 15) is 14.4 Å². The van der Waals surface area contributed by atoms with Crippen molar-refractivity contribution in [2.75, 3.05) is 57.3 Å². The van der Waals surface area contributed by atoms with Gasteiger partial charge in [-0.1, -0.05) is 0 Å². The van der Waals surface area contributed by atoms with Crippen molar-refractivity contribution in [2.45, 2.75) is 0 Å². The molecule has 6 nitrogen and oxygen atoms in total. The summed E-state index contributed by atoms with van der Waals surface area (Å²) in [5.74, 6) is -0.464. The molecular weight excluding hydrogens is 321 g/mol. The summed E-state index contributed by atoms with van der Waals surface area (Å²) in [5, 5.41) is 12.6. The quantitative estimate of drug-likeness (QED) is 0.649. The van der Waals surface area contributed by atoms with Gasteiger partial charge in [-0.15, -0.1) is 0 Å². The Labute approximate surface area is 147 Å². The Morgan fingerprint density at radius 1 is 1.08 bits per heavy atom. The number of nitrogens with one attached hydrogen (secondary N) is 1. The molecule has 0 radical (unpaired) electrons. The summed E-state index contributed by atoms with van der Waals surface area (Å²) in [4.78, 5) is 18.5. The van der Waals surface area contributed by atoms with Crippen molar-refractivity contribution in [3.8, 4) is 6.07 Å². The van der Waals surface area contributed by atoms with Crippen molar-refractivity contribution in [1.82, 2.24) is 15.1 Å². The van der Waals surface area contributed by atoms with E-state index < -0.39 is 0 Å². The van der Waals surface area contributed by atoms with Gasteiger partial charge in [-0.05, 0) is 24.3 Å². The Morgan fingerprint density at radius 2 is 1.72 bits per heavy atom. The summed E-state index contributed by atoms with van der Waals surface area (Å²) in [6.07, 6.45) is 1.69. The number of nitriles is 1. The minimum absolute atomic E-state index is 0.192. The minimum atomic E-state index is -0.255. The zero-order chi connectivity index (χ0) is 17.6. The van der Waals surface area contributed by atoms with Gasteiger partial charge in [-0.3, -0.25) is 4.79 Å². The highest BCUT2D eigenvalue weighted by Gasteiger charge is 2.24. The van der Waals surface area contributed by atoms with Crippen LogP contribution >= 0.6 is 0 Å². The molecule has 0 bridgehead atoms. The van der Waals surface area contributed by atoms with E-state index >= 15 is 0 Å². The van der Waals surface area contributed by atoms with E-state index in [-0.39, 0.29) is 17.3 Å². The van der Waals surface area contributed by atoms with Gasteiger partial charge in [-0.2, -0.15) is 5.26 Å². The zero-order valence-corrected chi connectivity index (χ0v) is 14.1. The van der Waals surface area contributed by atoms with Gasteiger partial charge in [0.1, 0.15) is 17.5 Å². The topological polar surface area (TPSA) is 62.6 Å². The first-order chi connectivity index (χ1) is 12.2. The molecule has 3 rings (SSSR count). The first-order valence-corrected chi connectivity index (χ1v) is 8.54. The van der Waals surface area contributed by atoms with Gasteiger partial charge in [0.25, 0.3) is 5.91 Å². The standard InChI is InChI=1S/C18H22FN5O/c19-16-1-3-17(4-2-16)23-9-11-24(12-10-23)18(25)15(13-20)14-22-7-5-21-6-8-22/h1-4,14,21H,5-12H2/b15-14-. The van der Waals surface area contributed by atoms with Crippen LogP contribution in [0.2, 0.25) is 0 Å². The van der Waals surface area contributed by atoms with E-state index in [0.717, 1.165) is 31.9 Å². The summed E-state index contributed by atoms with van der Waals surface area (Å²) < 4.78 is 13.0. The third-order valence-corrected chi connectivity index (χ3v) is 4.57. The van der Waals surface area contributed by atoms with E-state index in [1.807, 2.05) is 11.0 Å². The molecule has 2 fully saturated rings. The van der Waals surface area contributed by atoms with Gasteiger partial charge < -0.3 is 20.0 Å². The van der Waals surface area contributed by atoms with Crippen molar-refractivity contribution < 1.29 is 9.18 Å². The lowest BCUT2D eigenvalue weighted by Crippen LogP contribution is -2.49. The second kappa shape index (κ2) is 7.99. The average Bonchev–Trinajstić information content (AvgIpc) is 2.67. The number of halogens is 1. The number of piperazine rings is 2. The maximum atomic E-state index is 13.0. The second-order valence-electron chi connectivity index (χ2n) is 6.20. The van der Waals surface area contributed by atoms with Crippen LogP contribution in [0.25, 0.3) is 0 Å². The van der Waals surface area contributed by atoms with Crippen LogP contribution in [0.1, 0.15) is 0 Å². The predicted octanol–water partition coefficient (Wildman–Crippen LogP) is 0.787. The van der Waals surface area contributed by atoms with Gasteiger partial charge in [0.2, 0.25) is 0 Å². The third-order valence-electron chi connectivity index (χ3n) is 4.57. The van der Waals surface area contributed by atoms with Gasteiger partial charge >= 0.3 is 0 Å². The molecule has 2 aliphatic heterocycles. The molecule has 2 heterocycles. The van der Waals surface area contributed by atoms with Crippen LogP contribution in [-0.4, -0.2) is 68.1 Å². The van der Waals surface area contributed by atoms with Crippen LogP contribution in [0.5, 0.6) is 0 Å². The number of carbonyl (C=O) groups excluding carboxylic acids is 1. The minimum Gasteiger partial charge on any atom is -0.374 e. The monoisotopic (exact) mass is 343 g/mol. The molecule has 0 atom stereocenters. The summed E-state index contributed by atoms with van der Waals surface area (Å²) in [6, 6.07) is 8.43. The van der Waals surface area contributed by atoms with Crippen LogP contribution in [0.15, 0.2) is 36.0 Å². The summed E-state index contributed by atoms with van der Waals surface area (Å²) in [5.41, 5.74) is 1.14. The highest BCUT2D eigenvalue weighted by Crippen LogP contribution is 2.17. The highest BCUT2D eigenvalue weighted by molar-refractivity contribution is 5.97. The van der Waals surface area contributed by atoms with Crippen molar-refractivity contribution >= 4 is 11.6 Å². The fourth-order valence-electron chi connectivity index (χ4n) is 3.12. The third kappa shape index (κ3) is 4.28. The SMILES string of the molecule is N#C/C(=C/N1CCNCC1)C(=O)N1CCN(c2ccc(F)cc2)CC1. The highest BCUT2D eigenvalue weighted by atomic mass is 19.1. The van der Waals surface area contributed by atoms with Crippen LogP contribution < -0.4 is 10.2 Å². The Bertz CT molecular complexity index is 668. The van der Waals surface area contributed by atoms with Crippen molar-refractivity contribution in [2.24, 2.45) is 0 Å². The zero-order valence-electron chi connectivity index (χ0n) is 14.1. The molecule has 7 heteroatoms. The maximum absolute atomic E-state index is 13.0. The fraction of sp³-hybridized carbons (Fsp3) is 0.444. The van der Waals surface area contributed by atoms with Crippen molar-refractivity contribution in [1.29, 1.82) is 5.26 Å². The normalized spacial score (nSPS) is 18.9. The fourth-order valence-corrected chi connectivity index (χ4v) is 3.12. The number of amides is 1. The number of anilines is 1. The molecule has 0 saturated carbocycles. The Kier molecular flexibility index (Phi) is 5.51. The van der Waals surface area contributed by atoms with Gasteiger partial charge in [0.15, 0.2) is 0 Å². The van der Waals surface area contributed by atoms with E-state index in [1.54, 1.807) is 23.2 Å². The molecule has 0 unspecified atom stereocenters. The van der Waals surface area contributed by atoms with Crippen molar-refractivity contribution in [3.05, 3.63) is 41.9 Å². The first-order valence-electron chi connectivity index (χ1n) is 8.54. The van der Waals surface area contributed by atoms with Crippen molar-refractivity contribution in [3.63, 3.8) is 0 Å². The molecule has 0 aliphatic carbocycles. The lowest BCUT2D eigenvalue weighted by molar-refractivity contribution is -0.127. The van der Waals surface area contributed by atoms with Crippen LogP contribution in [0.4, 0.5) is 10.1 Å². The molecule has 0 spiro atoms. The Hall–Kier alpha value is -2.59. The molecule has 0 aromatic heterocycles. The number of benzene rings is 1. The van der Waals surface area contributed by atoms with Crippen LogP contribution in [0, 0.1) is 17.1 Å². The van der Waals surface area contributed by atoms with E-state index in [2.05, 4.69) is 10.2 Å². The second-order valence-corrected chi connectivity index (χ2v) is 6.20. The Balaban J connectivity index is 1.59. The van der Waals surface area contributed by atoms with Crippen LogP contribution in [0.3, 0.4) is 0 Å². The van der Waals surface area contributed by atoms with Gasteiger partial charge in [-0.25, -0.2) is 4.39 Å². The van der Waals surface area contributed by atoms with E-state index in [4.69, 9.17) is 0 Å². The summed E-state index contributed by atoms with van der Waals surface area (Å²) >= 11 is 0. The number of hydrogen-bond donors (Lipinski definition) is 1.